The molecule has 24 heavy (non-hydrogen) atoms. The van der Waals surface area contributed by atoms with Crippen LogP contribution in [-0.4, -0.2) is 0 Å². The summed E-state index contributed by atoms with van der Waals surface area (Å²) in [4.78, 5) is 0. The van der Waals surface area contributed by atoms with Crippen molar-refractivity contribution < 1.29 is 0 Å². The van der Waals surface area contributed by atoms with Gasteiger partial charge in [-0.15, -0.1) is 0 Å². The van der Waals surface area contributed by atoms with Crippen LogP contribution in [0.5, 0.6) is 0 Å². The Bertz CT molecular complexity index is 1050. The largest absolute Gasteiger partial charge is 0.0622 e. The smallest absolute Gasteiger partial charge is 0.0181 e. The molecule has 0 aliphatic carbocycles. The molecule has 118 valence electrons. The van der Waals surface area contributed by atoms with Crippen LogP contribution in [0.15, 0.2) is 71.2 Å². The molecule has 0 N–H and O–H groups in total. The normalized spacial score (nSPS) is 11.3. The van der Waals surface area contributed by atoms with Crippen molar-refractivity contribution in [2.75, 3.05) is 0 Å². The Labute approximate surface area is 151 Å². The van der Waals surface area contributed by atoms with Crippen molar-refractivity contribution in [1.29, 1.82) is 0 Å². The van der Waals surface area contributed by atoms with Gasteiger partial charge in [0.05, 0.1) is 0 Å². The molecule has 0 nitrogen and oxygen atoms in total. The van der Waals surface area contributed by atoms with E-state index in [2.05, 4.69) is 96.5 Å². The fourth-order valence-corrected chi connectivity index (χ4v) is 4.08. The molecular weight excluding hydrogens is 356 g/mol. The summed E-state index contributed by atoms with van der Waals surface area (Å²) < 4.78 is 1.14. The molecule has 0 aromatic heterocycles. The van der Waals surface area contributed by atoms with E-state index in [1.807, 2.05) is 0 Å². The average molecular weight is 375 g/mol. The predicted octanol–water partition coefficient (Wildman–Crippen LogP) is 7.29. The highest BCUT2D eigenvalue weighted by atomic mass is 79.9. The van der Waals surface area contributed by atoms with Gasteiger partial charge in [-0.05, 0) is 75.3 Å². The second kappa shape index (κ2) is 6.07. The first-order valence-corrected chi connectivity index (χ1v) is 9.18. The molecule has 4 aromatic carbocycles. The fraction of sp³-hybridized carbons (Fsp3) is 0.130. The SMILES string of the molecule is CCc1c(C)c2cc(Br)ccc2c2ccc(-c3ccccc3)cc12. The maximum absolute atomic E-state index is 3.62. The van der Waals surface area contributed by atoms with Crippen LogP contribution in [0.4, 0.5) is 0 Å². The molecule has 0 saturated carbocycles. The zero-order valence-electron chi connectivity index (χ0n) is 13.9. The highest BCUT2D eigenvalue weighted by Gasteiger charge is 2.11. The van der Waals surface area contributed by atoms with E-state index in [0.717, 1.165) is 10.9 Å². The van der Waals surface area contributed by atoms with Gasteiger partial charge in [-0.3, -0.25) is 0 Å². The summed E-state index contributed by atoms with van der Waals surface area (Å²) in [6.07, 6.45) is 1.04. The molecule has 4 aromatic rings. The van der Waals surface area contributed by atoms with E-state index in [1.165, 1.54) is 43.8 Å². The van der Waals surface area contributed by atoms with Crippen LogP contribution < -0.4 is 0 Å². The first-order valence-electron chi connectivity index (χ1n) is 8.39. The quantitative estimate of drug-likeness (QED) is 0.323. The van der Waals surface area contributed by atoms with Crippen molar-refractivity contribution in [3.63, 3.8) is 0 Å². The third-order valence-electron chi connectivity index (χ3n) is 4.93. The fourth-order valence-electron chi connectivity index (χ4n) is 3.72. The minimum Gasteiger partial charge on any atom is -0.0622 e. The second-order valence-corrected chi connectivity index (χ2v) is 7.19. The van der Waals surface area contributed by atoms with Crippen molar-refractivity contribution in [2.24, 2.45) is 0 Å². The first-order chi connectivity index (χ1) is 11.7. The highest BCUT2D eigenvalue weighted by Crippen LogP contribution is 2.36. The molecule has 1 heteroatoms. The van der Waals surface area contributed by atoms with Crippen LogP contribution in [0.2, 0.25) is 0 Å². The van der Waals surface area contributed by atoms with Crippen molar-refractivity contribution in [1.82, 2.24) is 0 Å². The predicted molar refractivity (Wildman–Crippen MR) is 109 cm³/mol. The Hall–Kier alpha value is -2.12. The Morgan fingerprint density at radius 1 is 0.708 bits per heavy atom. The highest BCUT2D eigenvalue weighted by molar-refractivity contribution is 9.10. The number of benzene rings is 4. The van der Waals surface area contributed by atoms with Crippen LogP contribution in [-0.2, 0) is 6.42 Å². The van der Waals surface area contributed by atoms with Crippen molar-refractivity contribution in [3.05, 3.63) is 82.3 Å². The molecule has 0 unspecified atom stereocenters. The van der Waals surface area contributed by atoms with Gasteiger partial charge < -0.3 is 0 Å². The molecule has 0 radical (unpaired) electrons. The molecule has 0 fully saturated rings. The van der Waals surface area contributed by atoms with Crippen molar-refractivity contribution in [2.45, 2.75) is 20.3 Å². The van der Waals surface area contributed by atoms with Gasteiger partial charge in [0.2, 0.25) is 0 Å². The Morgan fingerprint density at radius 3 is 2.17 bits per heavy atom. The number of hydrogen-bond donors (Lipinski definition) is 0. The molecule has 0 bridgehead atoms. The molecule has 4 rings (SSSR count). The summed E-state index contributed by atoms with van der Waals surface area (Å²) in [6.45, 7) is 4.50. The lowest BCUT2D eigenvalue weighted by Crippen LogP contribution is -1.93. The van der Waals surface area contributed by atoms with Gasteiger partial charge in [-0.1, -0.05) is 71.4 Å². The molecule has 0 spiro atoms. The minimum atomic E-state index is 1.04. The topological polar surface area (TPSA) is 0 Å². The Morgan fingerprint density at radius 2 is 1.42 bits per heavy atom. The van der Waals surface area contributed by atoms with Gasteiger partial charge in [0, 0.05) is 4.47 Å². The number of hydrogen-bond acceptors (Lipinski definition) is 0. The van der Waals surface area contributed by atoms with Crippen LogP contribution >= 0.6 is 15.9 Å². The first kappa shape index (κ1) is 15.4. The summed E-state index contributed by atoms with van der Waals surface area (Å²) >= 11 is 3.62. The minimum absolute atomic E-state index is 1.04. The van der Waals surface area contributed by atoms with E-state index in [-0.39, 0.29) is 0 Å². The lowest BCUT2D eigenvalue weighted by molar-refractivity contribution is 1.14. The molecule has 0 amide bonds. The van der Waals surface area contributed by atoms with Crippen molar-refractivity contribution >= 4 is 37.5 Å². The summed E-state index contributed by atoms with van der Waals surface area (Å²) in [7, 11) is 0. The molecular formula is C23H19Br. The maximum atomic E-state index is 3.62. The Balaban J connectivity index is 2.10. The van der Waals surface area contributed by atoms with E-state index in [9.17, 15) is 0 Å². The molecule has 0 heterocycles. The van der Waals surface area contributed by atoms with Gasteiger partial charge in [-0.25, -0.2) is 0 Å². The van der Waals surface area contributed by atoms with Gasteiger partial charge in [0.25, 0.3) is 0 Å². The third-order valence-corrected chi connectivity index (χ3v) is 5.43. The van der Waals surface area contributed by atoms with E-state index in [0.29, 0.717) is 0 Å². The van der Waals surface area contributed by atoms with E-state index in [4.69, 9.17) is 0 Å². The summed E-state index contributed by atoms with van der Waals surface area (Å²) in [5, 5.41) is 5.41. The lowest BCUT2D eigenvalue weighted by atomic mass is 9.89. The third kappa shape index (κ3) is 2.44. The zero-order valence-corrected chi connectivity index (χ0v) is 15.5. The van der Waals surface area contributed by atoms with Gasteiger partial charge in [0.1, 0.15) is 0 Å². The second-order valence-electron chi connectivity index (χ2n) is 6.27. The number of aryl methyl sites for hydroxylation is 2. The van der Waals surface area contributed by atoms with Crippen LogP contribution in [0, 0.1) is 6.92 Å². The van der Waals surface area contributed by atoms with Crippen LogP contribution in [0.25, 0.3) is 32.7 Å². The van der Waals surface area contributed by atoms with Crippen molar-refractivity contribution in [3.8, 4) is 11.1 Å². The monoisotopic (exact) mass is 374 g/mol. The summed E-state index contributed by atoms with van der Waals surface area (Å²) in [5.41, 5.74) is 5.41. The number of fused-ring (bicyclic) bond motifs is 3. The number of halogens is 1. The number of rotatable bonds is 2. The molecule has 0 aliphatic heterocycles. The van der Waals surface area contributed by atoms with Gasteiger partial charge >= 0.3 is 0 Å². The molecule has 0 saturated heterocycles. The van der Waals surface area contributed by atoms with Gasteiger partial charge in [0.15, 0.2) is 0 Å². The standard InChI is InChI=1S/C23H19Br/c1-3-19-15(2)22-14-18(24)10-12-20(22)21-11-9-17(13-23(19)21)16-7-5-4-6-8-16/h4-14H,3H2,1-2H3. The summed E-state index contributed by atoms with van der Waals surface area (Å²) in [5.74, 6) is 0. The maximum Gasteiger partial charge on any atom is 0.0181 e. The lowest BCUT2D eigenvalue weighted by Gasteiger charge is -2.15. The van der Waals surface area contributed by atoms with Crippen LogP contribution in [0.1, 0.15) is 18.1 Å². The van der Waals surface area contributed by atoms with Crippen LogP contribution in [0.3, 0.4) is 0 Å². The Kier molecular flexibility index (Phi) is 3.90. The van der Waals surface area contributed by atoms with E-state index < -0.39 is 0 Å². The summed E-state index contributed by atoms with van der Waals surface area (Å²) in [6, 6.07) is 24.1. The molecule has 0 aliphatic rings. The van der Waals surface area contributed by atoms with E-state index >= 15 is 0 Å². The van der Waals surface area contributed by atoms with E-state index in [1.54, 1.807) is 0 Å². The zero-order chi connectivity index (χ0) is 16.7. The molecule has 0 atom stereocenters. The van der Waals surface area contributed by atoms with Gasteiger partial charge in [-0.2, -0.15) is 0 Å². The average Bonchev–Trinajstić information content (AvgIpc) is 2.62.